The van der Waals surface area contributed by atoms with Crippen molar-refractivity contribution in [3.63, 3.8) is 0 Å². The summed E-state index contributed by atoms with van der Waals surface area (Å²) in [5.74, 6) is -0.836. The van der Waals surface area contributed by atoms with Crippen LogP contribution < -0.4 is 5.32 Å². The molecule has 1 unspecified atom stereocenters. The number of fused-ring (bicyclic) bond motifs is 3. The molecule has 3 aromatic rings. The number of amides is 2. The van der Waals surface area contributed by atoms with Gasteiger partial charge in [0, 0.05) is 21.7 Å². The first-order valence-corrected chi connectivity index (χ1v) is 12.9. The average molecular weight is 553 g/mol. The largest absolute Gasteiger partial charge is 0.480 e. The smallest absolute Gasteiger partial charge is 0.411 e. The highest BCUT2D eigenvalue weighted by Crippen LogP contribution is 2.44. The molecule has 0 bridgehead atoms. The molecule has 1 atom stereocenters. The van der Waals surface area contributed by atoms with Gasteiger partial charge in [0.25, 0.3) is 5.91 Å². The van der Waals surface area contributed by atoms with Gasteiger partial charge in [0.05, 0.1) is 11.6 Å². The van der Waals surface area contributed by atoms with E-state index in [-0.39, 0.29) is 18.1 Å². The molecule has 9 heteroatoms. The third-order valence-corrected chi connectivity index (χ3v) is 7.93. The first kappa shape index (κ1) is 23.4. The lowest BCUT2D eigenvalue weighted by atomic mass is 9.98. The number of ether oxygens (including phenoxy) is 1. The molecule has 1 heterocycles. The number of carbonyl (C=O) groups is 3. The predicted molar refractivity (Wildman–Crippen MR) is 138 cm³/mol. The Hall–Kier alpha value is -3.30. The van der Waals surface area contributed by atoms with Crippen molar-refractivity contribution in [2.45, 2.75) is 12.0 Å². The van der Waals surface area contributed by atoms with Gasteiger partial charge in [-0.05, 0) is 56.4 Å². The van der Waals surface area contributed by atoms with Crippen molar-refractivity contribution in [2.75, 3.05) is 23.6 Å². The van der Waals surface area contributed by atoms with Crippen molar-refractivity contribution in [2.24, 2.45) is 0 Å². The van der Waals surface area contributed by atoms with E-state index in [1.165, 1.54) is 22.7 Å². The van der Waals surface area contributed by atoms with Crippen LogP contribution in [0.3, 0.4) is 0 Å². The van der Waals surface area contributed by atoms with E-state index < -0.39 is 24.0 Å². The summed E-state index contributed by atoms with van der Waals surface area (Å²) in [5, 5.41) is 12.1. The highest BCUT2D eigenvalue weighted by Gasteiger charge is 2.35. The lowest BCUT2D eigenvalue weighted by Crippen LogP contribution is -2.41. The van der Waals surface area contributed by atoms with Gasteiger partial charge in [-0.3, -0.25) is 10.1 Å². The summed E-state index contributed by atoms with van der Waals surface area (Å²) in [6, 6.07) is 20.1. The van der Waals surface area contributed by atoms with Gasteiger partial charge in [-0.2, -0.15) is 0 Å². The summed E-state index contributed by atoms with van der Waals surface area (Å²) in [7, 11) is 0. The summed E-state index contributed by atoms with van der Waals surface area (Å²) in [4.78, 5) is 38.4. The molecule has 1 saturated heterocycles. The van der Waals surface area contributed by atoms with E-state index in [1.54, 1.807) is 12.1 Å². The Kier molecular flexibility index (Phi) is 6.53. The van der Waals surface area contributed by atoms with Gasteiger partial charge >= 0.3 is 12.1 Å². The molecule has 5 rings (SSSR count). The first-order chi connectivity index (χ1) is 16.9. The van der Waals surface area contributed by atoms with E-state index in [9.17, 15) is 19.5 Å². The van der Waals surface area contributed by atoms with Crippen LogP contribution in [0.25, 0.3) is 11.1 Å². The van der Waals surface area contributed by atoms with Crippen LogP contribution >= 0.6 is 27.7 Å². The highest BCUT2D eigenvalue weighted by atomic mass is 79.9. The van der Waals surface area contributed by atoms with Crippen molar-refractivity contribution in [1.29, 1.82) is 0 Å². The topological polar surface area (TPSA) is 95.9 Å². The summed E-state index contributed by atoms with van der Waals surface area (Å²) in [5.41, 5.74) is 5.18. The van der Waals surface area contributed by atoms with Gasteiger partial charge in [0.1, 0.15) is 12.6 Å². The number of nitrogens with zero attached hydrogens (tertiary/aromatic N) is 1. The van der Waals surface area contributed by atoms with E-state index in [0.717, 1.165) is 22.3 Å². The van der Waals surface area contributed by atoms with Gasteiger partial charge < -0.3 is 14.7 Å². The van der Waals surface area contributed by atoms with E-state index >= 15 is 0 Å². The molecule has 0 saturated carbocycles. The van der Waals surface area contributed by atoms with Crippen LogP contribution in [0.2, 0.25) is 0 Å². The molecule has 7 nitrogen and oxygen atoms in total. The minimum absolute atomic E-state index is 0.0647. The van der Waals surface area contributed by atoms with Gasteiger partial charge in [0.15, 0.2) is 0 Å². The minimum Gasteiger partial charge on any atom is -0.480 e. The molecule has 2 amide bonds. The summed E-state index contributed by atoms with van der Waals surface area (Å²) in [6.07, 6.45) is -0.641. The Labute approximate surface area is 214 Å². The Morgan fingerprint density at radius 2 is 1.69 bits per heavy atom. The quantitative estimate of drug-likeness (QED) is 0.439. The van der Waals surface area contributed by atoms with Crippen LogP contribution in [0.15, 0.2) is 71.2 Å². The fourth-order valence-electron chi connectivity index (χ4n) is 4.51. The van der Waals surface area contributed by atoms with Crippen molar-refractivity contribution in [1.82, 2.24) is 4.90 Å². The molecule has 1 aliphatic heterocycles. The zero-order valence-corrected chi connectivity index (χ0v) is 20.8. The normalized spacial score (nSPS) is 16.5. The van der Waals surface area contributed by atoms with Crippen LogP contribution in [-0.4, -0.2) is 52.3 Å². The van der Waals surface area contributed by atoms with E-state index in [4.69, 9.17) is 4.74 Å². The zero-order chi connectivity index (χ0) is 24.5. The number of carboxylic acids is 1. The molecule has 35 heavy (non-hydrogen) atoms. The lowest BCUT2D eigenvalue weighted by Gasteiger charge is -2.21. The number of benzene rings is 3. The number of hydrogen-bond donors (Lipinski definition) is 2. The predicted octanol–water partition coefficient (Wildman–Crippen LogP) is 5.41. The van der Waals surface area contributed by atoms with Gasteiger partial charge in [-0.25, -0.2) is 9.59 Å². The maximum absolute atomic E-state index is 12.9. The summed E-state index contributed by atoms with van der Waals surface area (Å²) >= 11 is 4.79. The fraction of sp³-hybridized carbons (Fsp3) is 0.192. The number of carbonyl (C=O) groups excluding carboxylic acids is 2. The molecular formula is C26H21BrN2O5S. The van der Waals surface area contributed by atoms with Crippen LogP contribution in [0.5, 0.6) is 0 Å². The molecule has 1 aliphatic carbocycles. The van der Waals surface area contributed by atoms with Crippen molar-refractivity contribution in [3.8, 4) is 11.1 Å². The monoisotopic (exact) mass is 552 g/mol. The Balaban J connectivity index is 1.29. The second-order valence-corrected chi connectivity index (χ2v) is 10.1. The van der Waals surface area contributed by atoms with E-state index in [0.29, 0.717) is 21.8 Å². The van der Waals surface area contributed by atoms with Crippen molar-refractivity contribution in [3.05, 3.63) is 87.9 Å². The molecule has 2 N–H and O–H groups in total. The minimum atomic E-state index is -1.03. The Morgan fingerprint density at radius 3 is 2.34 bits per heavy atom. The number of hydrogen-bond acceptors (Lipinski definition) is 5. The lowest BCUT2D eigenvalue weighted by molar-refractivity contribution is -0.140. The van der Waals surface area contributed by atoms with Gasteiger partial charge in [-0.15, -0.1) is 11.8 Å². The SMILES string of the molecule is O=C(Nc1cc(C(=O)N2CSCC2C(=O)O)ccc1Br)OCC1c2ccccc2-c2ccccc21. The molecule has 2 aliphatic rings. The third kappa shape index (κ3) is 4.53. The molecule has 0 radical (unpaired) electrons. The third-order valence-electron chi connectivity index (χ3n) is 6.22. The van der Waals surface area contributed by atoms with Crippen molar-refractivity contribution >= 4 is 51.3 Å². The van der Waals surface area contributed by atoms with Crippen molar-refractivity contribution < 1.29 is 24.2 Å². The highest BCUT2D eigenvalue weighted by molar-refractivity contribution is 9.10. The zero-order valence-electron chi connectivity index (χ0n) is 18.4. The Morgan fingerprint density at radius 1 is 1.03 bits per heavy atom. The number of aliphatic carboxylic acids is 1. The van der Waals surface area contributed by atoms with E-state index in [2.05, 4.69) is 33.4 Å². The molecule has 1 fully saturated rings. The molecule has 0 aromatic heterocycles. The van der Waals surface area contributed by atoms with Crippen LogP contribution in [0, 0.1) is 0 Å². The Bertz CT molecular complexity index is 1290. The number of thioether (sulfide) groups is 1. The molecule has 0 spiro atoms. The standard InChI is InChI=1S/C26H21BrN2O5S/c27-21-10-9-15(24(30)29-14-35-13-23(29)25(31)32)11-22(21)28-26(33)34-12-20-18-7-3-1-5-16(18)17-6-2-4-8-19(17)20/h1-11,20,23H,12-14H2,(H,28,33)(H,31,32). The second kappa shape index (κ2) is 9.75. The fourth-order valence-corrected chi connectivity index (χ4v) is 6.00. The second-order valence-electron chi connectivity index (χ2n) is 8.27. The van der Waals surface area contributed by atoms with Gasteiger partial charge in [-0.1, -0.05) is 48.5 Å². The maximum Gasteiger partial charge on any atom is 0.411 e. The van der Waals surface area contributed by atoms with E-state index in [1.807, 2.05) is 36.4 Å². The average Bonchev–Trinajstić information content (AvgIpc) is 3.47. The summed E-state index contributed by atoms with van der Waals surface area (Å²) in [6.45, 7) is 0.168. The van der Waals surface area contributed by atoms with Crippen LogP contribution in [-0.2, 0) is 9.53 Å². The molecule has 178 valence electrons. The van der Waals surface area contributed by atoms with Crippen LogP contribution in [0.1, 0.15) is 27.4 Å². The summed E-state index contributed by atoms with van der Waals surface area (Å²) < 4.78 is 6.18. The number of rotatable bonds is 5. The maximum atomic E-state index is 12.9. The van der Waals surface area contributed by atoms with Gasteiger partial charge in [0.2, 0.25) is 0 Å². The number of nitrogens with one attached hydrogen (secondary N) is 1. The molecular weight excluding hydrogens is 532 g/mol. The number of halogens is 1. The number of anilines is 1. The molecule has 3 aromatic carbocycles. The van der Waals surface area contributed by atoms with Crippen LogP contribution in [0.4, 0.5) is 10.5 Å². The number of carboxylic acid groups (broad SMARTS) is 1. The first-order valence-electron chi connectivity index (χ1n) is 11.0.